The molecular weight excluding hydrogens is 397 g/mol. The smallest absolute Gasteiger partial charge is 0.338 e. The standard InChI is InChI=1S/C18H24ClF3N4O2/c1-12(2)10-23-17(28)26-7-5-25(6-8-26)11-16(27)24-13-3-4-15(19)14(9-13)18(20,21)22/h3-4,9,12H,5-8,10-11H2,1-2H3,(H,23,28)(H,24,27). The van der Waals surface area contributed by atoms with Crippen molar-refractivity contribution in [3.63, 3.8) is 0 Å². The van der Waals surface area contributed by atoms with Crippen LogP contribution in [0.1, 0.15) is 19.4 Å². The van der Waals surface area contributed by atoms with Crippen molar-refractivity contribution in [2.45, 2.75) is 20.0 Å². The minimum atomic E-state index is -4.59. The number of amides is 3. The molecule has 156 valence electrons. The molecule has 1 aliphatic heterocycles. The van der Waals surface area contributed by atoms with E-state index < -0.39 is 22.7 Å². The Hall–Kier alpha value is -2.00. The lowest BCUT2D eigenvalue weighted by atomic mass is 10.2. The van der Waals surface area contributed by atoms with E-state index in [9.17, 15) is 22.8 Å². The number of nitrogens with zero attached hydrogens (tertiary/aromatic N) is 2. The number of halogens is 4. The van der Waals surface area contributed by atoms with Crippen molar-refractivity contribution >= 4 is 29.2 Å². The summed E-state index contributed by atoms with van der Waals surface area (Å²) in [5.41, 5.74) is -0.957. The molecule has 0 spiro atoms. The highest BCUT2D eigenvalue weighted by atomic mass is 35.5. The van der Waals surface area contributed by atoms with Crippen molar-refractivity contribution in [3.8, 4) is 0 Å². The Bertz CT molecular complexity index is 705. The zero-order valence-corrected chi connectivity index (χ0v) is 16.5. The van der Waals surface area contributed by atoms with E-state index in [0.717, 1.165) is 12.1 Å². The van der Waals surface area contributed by atoms with Crippen LogP contribution in [0.4, 0.5) is 23.7 Å². The van der Waals surface area contributed by atoms with Crippen molar-refractivity contribution in [1.29, 1.82) is 0 Å². The van der Waals surface area contributed by atoms with Crippen LogP contribution in [-0.2, 0) is 11.0 Å². The minimum absolute atomic E-state index is 0.0332. The van der Waals surface area contributed by atoms with Gasteiger partial charge in [-0.25, -0.2) is 4.79 Å². The molecule has 0 saturated carbocycles. The van der Waals surface area contributed by atoms with E-state index in [0.29, 0.717) is 38.6 Å². The van der Waals surface area contributed by atoms with Crippen LogP contribution < -0.4 is 10.6 Å². The average molecular weight is 421 g/mol. The Balaban J connectivity index is 1.83. The monoisotopic (exact) mass is 420 g/mol. The van der Waals surface area contributed by atoms with Crippen LogP contribution in [0.5, 0.6) is 0 Å². The molecule has 6 nitrogen and oxygen atoms in total. The number of hydrogen-bond acceptors (Lipinski definition) is 3. The molecule has 1 aromatic rings. The Morgan fingerprint density at radius 2 is 1.82 bits per heavy atom. The van der Waals surface area contributed by atoms with Gasteiger partial charge in [0.15, 0.2) is 0 Å². The first-order chi connectivity index (χ1) is 13.1. The highest BCUT2D eigenvalue weighted by Gasteiger charge is 2.33. The van der Waals surface area contributed by atoms with E-state index >= 15 is 0 Å². The normalized spacial score (nSPS) is 15.6. The van der Waals surface area contributed by atoms with Crippen LogP contribution in [-0.4, -0.2) is 61.0 Å². The number of anilines is 1. The fourth-order valence-electron chi connectivity index (χ4n) is 2.74. The second-order valence-electron chi connectivity index (χ2n) is 7.08. The molecule has 0 atom stereocenters. The number of alkyl halides is 3. The molecule has 1 aliphatic rings. The quantitative estimate of drug-likeness (QED) is 0.768. The summed E-state index contributed by atoms with van der Waals surface area (Å²) in [6.07, 6.45) is -4.59. The lowest BCUT2D eigenvalue weighted by Gasteiger charge is -2.34. The third-order valence-corrected chi connectivity index (χ3v) is 4.57. The van der Waals surface area contributed by atoms with Gasteiger partial charge in [-0.05, 0) is 24.1 Å². The van der Waals surface area contributed by atoms with Crippen molar-refractivity contribution in [2.24, 2.45) is 5.92 Å². The molecule has 1 heterocycles. The molecule has 0 unspecified atom stereocenters. The maximum Gasteiger partial charge on any atom is 0.417 e. The molecule has 3 amide bonds. The number of nitrogens with one attached hydrogen (secondary N) is 2. The first-order valence-electron chi connectivity index (χ1n) is 8.98. The van der Waals surface area contributed by atoms with Crippen molar-refractivity contribution in [1.82, 2.24) is 15.1 Å². The summed E-state index contributed by atoms with van der Waals surface area (Å²) >= 11 is 5.57. The summed E-state index contributed by atoms with van der Waals surface area (Å²) in [5.74, 6) is -0.0622. The maximum atomic E-state index is 12.9. The largest absolute Gasteiger partial charge is 0.417 e. The number of piperazine rings is 1. The topological polar surface area (TPSA) is 64.7 Å². The molecule has 0 radical (unpaired) electrons. The Kier molecular flexibility index (Phi) is 7.54. The third kappa shape index (κ3) is 6.56. The van der Waals surface area contributed by atoms with Crippen LogP contribution in [0, 0.1) is 5.92 Å². The van der Waals surface area contributed by atoms with Gasteiger partial charge >= 0.3 is 12.2 Å². The maximum absolute atomic E-state index is 12.9. The summed E-state index contributed by atoms with van der Waals surface area (Å²) in [6, 6.07) is 3.12. The van der Waals surface area contributed by atoms with Gasteiger partial charge in [0.2, 0.25) is 5.91 Å². The molecular formula is C18H24ClF3N4O2. The van der Waals surface area contributed by atoms with E-state index in [4.69, 9.17) is 11.6 Å². The van der Waals surface area contributed by atoms with Gasteiger partial charge in [-0.2, -0.15) is 13.2 Å². The summed E-state index contributed by atoms with van der Waals surface area (Å²) in [5, 5.41) is 4.89. The first-order valence-corrected chi connectivity index (χ1v) is 9.35. The molecule has 28 heavy (non-hydrogen) atoms. The van der Waals surface area contributed by atoms with Crippen LogP contribution >= 0.6 is 11.6 Å². The molecule has 0 bridgehead atoms. The van der Waals surface area contributed by atoms with Gasteiger partial charge in [-0.3, -0.25) is 9.69 Å². The molecule has 1 saturated heterocycles. The zero-order valence-electron chi connectivity index (χ0n) is 15.8. The van der Waals surface area contributed by atoms with E-state index in [1.54, 1.807) is 4.90 Å². The summed E-state index contributed by atoms with van der Waals surface area (Å²) in [7, 11) is 0. The van der Waals surface area contributed by atoms with Crippen LogP contribution in [0.15, 0.2) is 18.2 Å². The van der Waals surface area contributed by atoms with Crippen LogP contribution in [0.3, 0.4) is 0 Å². The van der Waals surface area contributed by atoms with Gasteiger partial charge in [-0.1, -0.05) is 25.4 Å². The summed E-state index contributed by atoms with van der Waals surface area (Å²) in [4.78, 5) is 27.7. The molecule has 10 heteroatoms. The highest BCUT2D eigenvalue weighted by Crippen LogP contribution is 2.36. The minimum Gasteiger partial charge on any atom is -0.338 e. The second kappa shape index (κ2) is 9.47. The SMILES string of the molecule is CC(C)CNC(=O)N1CCN(CC(=O)Nc2ccc(Cl)c(C(F)(F)F)c2)CC1. The van der Waals surface area contributed by atoms with Crippen LogP contribution in [0.2, 0.25) is 5.02 Å². The van der Waals surface area contributed by atoms with Crippen molar-refractivity contribution in [3.05, 3.63) is 28.8 Å². The number of rotatable bonds is 5. The fraction of sp³-hybridized carbons (Fsp3) is 0.556. The van der Waals surface area contributed by atoms with E-state index in [2.05, 4.69) is 10.6 Å². The number of benzene rings is 1. The van der Waals surface area contributed by atoms with E-state index in [1.807, 2.05) is 18.7 Å². The number of carbonyl (C=O) groups is 2. The summed E-state index contributed by atoms with van der Waals surface area (Å²) in [6.45, 7) is 6.64. The Morgan fingerprint density at radius 3 is 2.39 bits per heavy atom. The molecule has 0 aliphatic carbocycles. The highest BCUT2D eigenvalue weighted by molar-refractivity contribution is 6.31. The molecule has 1 aromatic carbocycles. The Morgan fingerprint density at radius 1 is 1.18 bits per heavy atom. The lowest BCUT2D eigenvalue weighted by molar-refractivity contribution is -0.137. The number of hydrogen-bond donors (Lipinski definition) is 2. The Labute approximate surface area is 167 Å². The van der Waals surface area contributed by atoms with Gasteiger partial charge in [0.05, 0.1) is 17.1 Å². The van der Waals surface area contributed by atoms with E-state index in [1.165, 1.54) is 6.07 Å². The van der Waals surface area contributed by atoms with Gasteiger partial charge < -0.3 is 15.5 Å². The molecule has 2 N–H and O–H groups in total. The van der Waals surface area contributed by atoms with Crippen LogP contribution in [0.25, 0.3) is 0 Å². The van der Waals surface area contributed by atoms with Gasteiger partial charge in [0.25, 0.3) is 0 Å². The molecule has 0 aromatic heterocycles. The zero-order chi connectivity index (χ0) is 20.9. The van der Waals surface area contributed by atoms with Gasteiger partial charge in [0, 0.05) is 38.4 Å². The number of carbonyl (C=O) groups excluding carboxylic acids is 2. The van der Waals surface area contributed by atoms with Gasteiger partial charge in [-0.15, -0.1) is 0 Å². The van der Waals surface area contributed by atoms with E-state index in [-0.39, 0.29) is 18.3 Å². The first kappa shape index (κ1) is 22.3. The molecule has 1 fully saturated rings. The summed E-state index contributed by atoms with van der Waals surface area (Å²) < 4.78 is 38.7. The second-order valence-corrected chi connectivity index (χ2v) is 7.49. The van der Waals surface area contributed by atoms with Crippen molar-refractivity contribution < 1.29 is 22.8 Å². The average Bonchev–Trinajstić information content (AvgIpc) is 2.61. The molecule has 2 rings (SSSR count). The third-order valence-electron chi connectivity index (χ3n) is 4.24. The predicted molar refractivity (Wildman–Crippen MR) is 101 cm³/mol. The van der Waals surface area contributed by atoms with Gasteiger partial charge in [0.1, 0.15) is 0 Å². The lowest BCUT2D eigenvalue weighted by Crippen LogP contribution is -2.53. The fourth-order valence-corrected chi connectivity index (χ4v) is 2.96. The van der Waals surface area contributed by atoms with Crippen molar-refractivity contribution in [2.75, 3.05) is 44.6 Å². The predicted octanol–water partition coefficient (Wildman–Crippen LogP) is 3.28. The number of urea groups is 1.